The van der Waals surface area contributed by atoms with Crippen LogP contribution in [0.25, 0.3) is 0 Å². The molecule has 1 heteroatoms. The van der Waals surface area contributed by atoms with Crippen LogP contribution in [0.2, 0.25) is 0 Å². The summed E-state index contributed by atoms with van der Waals surface area (Å²) in [7, 11) is 0. The Morgan fingerprint density at radius 3 is 2.67 bits per heavy atom. The maximum absolute atomic E-state index is 6.81. The third-order valence-electron chi connectivity index (χ3n) is 3.06. The van der Waals surface area contributed by atoms with Gasteiger partial charge in [0.15, 0.2) is 0 Å². The Kier molecular flexibility index (Phi) is 2.74. The van der Waals surface area contributed by atoms with Gasteiger partial charge in [0, 0.05) is 0 Å². The SMILES string of the molecule is CC(C=C=N)CCC1CC1(C)C. The standard InChI is InChI=1S/C11H19N/c1-9(6-7-12)4-5-10-8-11(10,2)3/h6,9-10,12H,4-5,8H2,1-3H3. The summed E-state index contributed by atoms with van der Waals surface area (Å²) in [6.07, 6.45) is 5.80. The van der Waals surface area contributed by atoms with Crippen molar-refractivity contribution in [1.29, 1.82) is 5.41 Å². The predicted molar refractivity (Wildman–Crippen MR) is 52.6 cm³/mol. The molecule has 0 heterocycles. The van der Waals surface area contributed by atoms with E-state index < -0.39 is 0 Å². The van der Waals surface area contributed by atoms with Gasteiger partial charge in [0.05, 0.1) is 0 Å². The van der Waals surface area contributed by atoms with Gasteiger partial charge in [-0.1, -0.05) is 20.8 Å². The zero-order valence-electron chi connectivity index (χ0n) is 8.35. The Morgan fingerprint density at radius 1 is 1.67 bits per heavy atom. The lowest BCUT2D eigenvalue weighted by atomic mass is 10.00. The second-order valence-electron chi connectivity index (χ2n) is 4.76. The molecule has 0 aromatic rings. The molecule has 12 heavy (non-hydrogen) atoms. The molecule has 0 amide bonds. The molecule has 1 aliphatic carbocycles. The van der Waals surface area contributed by atoms with Crippen molar-refractivity contribution >= 4 is 5.87 Å². The molecule has 1 N–H and O–H groups in total. The van der Waals surface area contributed by atoms with Gasteiger partial charge in [-0.3, -0.25) is 5.41 Å². The van der Waals surface area contributed by atoms with Gasteiger partial charge < -0.3 is 0 Å². The lowest BCUT2D eigenvalue weighted by molar-refractivity contribution is 0.488. The van der Waals surface area contributed by atoms with E-state index in [1.165, 1.54) is 19.3 Å². The van der Waals surface area contributed by atoms with Crippen molar-refractivity contribution in [3.8, 4) is 0 Å². The van der Waals surface area contributed by atoms with E-state index in [1.807, 2.05) is 6.08 Å². The van der Waals surface area contributed by atoms with Gasteiger partial charge in [0.1, 0.15) is 0 Å². The summed E-state index contributed by atoms with van der Waals surface area (Å²) in [4.78, 5) is 0. The van der Waals surface area contributed by atoms with Crippen LogP contribution in [0.15, 0.2) is 6.08 Å². The molecule has 1 saturated carbocycles. The van der Waals surface area contributed by atoms with Crippen molar-refractivity contribution in [3.05, 3.63) is 6.08 Å². The summed E-state index contributed by atoms with van der Waals surface area (Å²) in [6.45, 7) is 6.85. The van der Waals surface area contributed by atoms with E-state index in [0.717, 1.165) is 5.92 Å². The molecule has 1 aliphatic rings. The first kappa shape index (κ1) is 9.54. The molecule has 1 fully saturated rings. The third-order valence-corrected chi connectivity index (χ3v) is 3.06. The van der Waals surface area contributed by atoms with Crippen LogP contribution in [-0.2, 0) is 0 Å². The molecule has 1 rings (SSSR count). The molecule has 2 unspecified atom stereocenters. The fraction of sp³-hybridized carbons (Fsp3) is 0.818. The summed E-state index contributed by atoms with van der Waals surface area (Å²) < 4.78 is 0. The summed E-state index contributed by atoms with van der Waals surface area (Å²) >= 11 is 0. The van der Waals surface area contributed by atoms with Crippen molar-refractivity contribution < 1.29 is 0 Å². The number of hydrogen-bond donors (Lipinski definition) is 1. The molecule has 1 nitrogen and oxygen atoms in total. The van der Waals surface area contributed by atoms with Gasteiger partial charge >= 0.3 is 0 Å². The highest BCUT2D eigenvalue weighted by molar-refractivity contribution is 5.47. The van der Waals surface area contributed by atoms with Gasteiger partial charge in [-0.25, -0.2) is 0 Å². The Bertz CT molecular complexity index is 199. The minimum absolute atomic E-state index is 0.541. The van der Waals surface area contributed by atoms with Crippen LogP contribution in [0.5, 0.6) is 0 Å². The minimum Gasteiger partial charge on any atom is -0.259 e. The van der Waals surface area contributed by atoms with Crippen molar-refractivity contribution in [2.75, 3.05) is 0 Å². The average molecular weight is 165 g/mol. The van der Waals surface area contributed by atoms with Crippen LogP contribution >= 0.6 is 0 Å². The molecule has 0 saturated heterocycles. The number of hydrogen-bond acceptors (Lipinski definition) is 1. The molecule has 0 spiro atoms. The van der Waals surface area contributed by atoms with E-state index >= 15 is 0 Å². The molecule has 68 valence electrons. The normalized spacial score (nSPS) is 27.4. The molecule has 0 aromatic carbocycles. The van der Waals surface area contributed by atoms with Crippen LogP contribution in [0.1, 0.15) is 40.0 Å². The Balaban J connectivity index is 2.15. The van der Waals surface area contributed by atoms with Crippen molar-refractivity contribution in [2.24, 2.45) is 17.3 Å². The highest BCUT2D eigenvalue weighted by atomic mass is 14.5. The smallest absolute Gasteiger partial charge is 0.0170 e. The third kappa shape index (κ3) is 2.49. The number of allylic oxidation sites excluding steroid dienone is 1. The lowest BCUT2D eigenvalue weighted by Gasteiger charge is -2.05. The number of rotatable bonds is 4. The number of nitrogens with one attached hydrogen (secondary N) is 1. The van der Waals surface area contributed by atoms with Crippen LogP contribution in [-0.4, -0.2) is 5.87 Å². The fourth-order valence-corrected chi connectivity index (χ4v) is 1.76. The molecular formula is C11H19N. The van der Waals surface area contributed by atoms with E-state index in [4.69, 9.17) is 5.41 Å². The zero-order chi connectivity index (χ0) is 9.19. The maximum Gasteiger partial charge on any atom is -0.0170 e. The van der Waals surface area contributed by atoms with Gasteiger partial charge in [0.25, 0.3) is 0 Å². The second kappa shape index (κ2) is 3.45. The highest BCUT2D eigenvalue weighted by Gasteiger charge is 2.44. The van der Waals surface area contributed by atoms with E-state index in [0.29, 0.717) is 11.3 Å². The molecular weight excluding hydrogens is 146 g/mol. The Labute approximate surface area is 75.4 Å². The highest BCUT2D eigenvalue weighted by Crippen LogP contribution is 2.54. The monoisotopic (exact) mass is 165 g/mol. The topological polar surface area (TPSA) is 23.9 Å². The first-order valence-electron chi connectivity index (χ1n) is 4.82. The fourth-order valence-electron chi connectivity index (χ4n) is 1.76. The first-order valence-corrected chi connectivity index (χ1v) is 4.82. The van der Waals surface area contributed by atoms with Crippen LogP contribution < -0.4 is 0 Å². The molecule has 0 aromatic heterocycles. The van der Waals surface area contributed by atoms with E-state index in [-0.39, 0.29) is 0 Å². The Morgan fingerprint density at radius 2 is 2.25 bits per heavy atom. The van der Waals surface area contributed by atoms with Gasteiger partial charge in [-0.15, -0.1) is 0 Å². The van der Waals surface area contributed by atoms with Crippen molar-refractivity contribution in [3.63, 3.8) is 0 Å². The molecule has 0 radical (unpaired) electrons. The second-order valence-corrected chi connectivity index (χ2v) is 4.76. The van der Waals surface area contributed by atoms with Crippen LogP contribution in [0, 0.1) is 22.7 Å². The van der Waals surface area contributed by atoms with Crippen LogP contribution in [0.4, 0.5) is 0 Å². The lowest BCUT2D eigenvalue weighted by Crippen LogP contribution is -1.95. The largest absolute Gasteiger partial charge is 0.259 e. The van der Waals surface area contributed by atoms with Gasteiger partial charge in [0.2, 0.25) is 0 Å². The first-order chi connectivity index (χ1) is 5.56. The molecule has 0 bridgehead atoms. The zero-order valence-corrected chi connectivity index (χ0v) is 8.35. The van der Waals surface area contributed by atoms with E-state index in [9.17, 15) is 0 Å². The van der Waals surface area contributed by atoms with Gasteiger partial charge in [-0.2, -0.15) is 0 Å². The maximum atomic E-state index is 6.81. The van der Waals surface area contributed by atoms with Gasteiger partial charge in [-0.05, 0) is 48.5 Å². The quantitative estimate of drug-likeness (QED) is 0.618. The summed E-state index contributed by atoms with van der Waals surface area (Å²) in [6, 6.07) is 0. The van der Waals surface area contributed by atoms with E-state index in [2.05, 4.69) is 26.6 Å². The van der Waals surface area contributed by atoms with Crippen LogP contribution in [0.3, 0.4) is 0 Å². The van der Waals surface area contributed by atoms with Crippen molar-refractivity contribution in [1.82, 2.24) is 0 Å². The van der Waals surface area contributed by atoms with E-state index in [1.54, 1.807) is 0 Å². The molecule has 2 atom stereocenters. The predicted octanol–water partition coefficient (Wildman–Crippen LogP) is 3.25. The van der Waals surface area contributed by atoms with Crippen molar-refractivity contribution in [2.45, 2.75) is 40.0 Å². The Hall–Kier alpha value is -0.550. The summed E-state index contributed by atoms with van der Waals surface area (Å²) in [5, 5.41) is 6.81. The minimum atomic E-state index is 0.541. The summed E-state index contributed by atoms with van der Waals surface area (Å²) in [5.41, 5.74) is 0.619. The summed E-state index contributed by atoms with van der Waals surface area (Å²) in [5.74, 6) is 3.84. The molecule has 0 aliphatic heterocycles. The average Bonchev–Trinajstić information content (AvgIpc) is 2.56.